The summed E-state index contributed by atoms with van der Waals surface area (Å²) in [4.78, 5) is 13.3. The van der Waals surface area contributed by atoms with E-state index in [1.54, 1.807) is 0 Å². The van der Waals surface area contributed by atoms with E-state index in [9.17, 15) is 18.0 Å². The van der Waals surface area contributed by atoms with Crippen molar-refractivity contribution in [2.24, 2.45) is 0 Å². The van der Waals surface area contributed by atoms with Crippen LogP contribution in [0, 0.1) is 0 Å². The van der Waals surface area contributed by atoms with E-state index in [4.69, 9.17) is 11.6 Å². The van der Waals surface area contributed by atoms with Gasteiger partial charge in [-0.05, 0) is 6.07 Å². The van der Waals surface area contributed by atoms with Gasteiger partial charge in [0, 0.05) is 5.56 Å². The fourth-order valence-corrected chi connectivity index (χ4v) is 1.18. The first kappa shape index (κ1) is 12.7. The van der Waals surface area contributed by atoms with E-state index >= 15 is 0 Å². The van der Waals surface area contributed by atoms with Crippen molar-refractivity contribution in [1.29, 1.82) is 0 Å². The molecule has 1 aromatic heterocycles. The maximum atomic E-state index is 12.0. The van der Waals surface area contributed by atoms with E-state index in [1.165, 1.54) is 0 Å². The summed E-state index contributed by atoms with van der Waals surface area (Å²) >= 11 is 5.37. The number of rotatable bonds is 3. The molecule has 1 N–H and O–H groups in total. The largest absolute Gasteiger partial charge is 0.573 e. The Labute approximate surface area is 92.9 Å². The molecule has 8 heteroatoms. The zero-order chi connectivity index (χ0) is 12.3. The predicted molar refractivity (Wildman–Crippen MR) is 49.9 cm³/mol. The van der Waals surface area contributed by atoms with Crippen LogP contribution in [0.5, 0.6) is 11.6 Å². The minimum absolute atomic E-state index is 0.0401. The molecule has 0 amide bonds. The van der Waals surface area contributed by atoms with Crippen molar-refractivity contribution in [3.63, 3.8) is 0 Å². The fraction of sp³-hybridized carbons (Fsp3) is 0.375. The molecule has 4 nitrogen and oxygen atoms in total. The number of halogens is 4. The number of pyridine rings is 1. The topological polar surface area (TPSA) is 51.3 Å². The molecule has 0 saturated heterocycles. The van der Waals surface area contributed by atoms with E-state index in [-0.39, 0.29) is 11.4 Å². The normalized spacial score (nSPS) is 11.3. The van der Waals surface area contributed by atoms with Crippen molar-refractivity contribution >= 4 is 11.6 Å². The second kappa shape index (κ2) is 4.65. The lowest BCUT2D eigenvalue weighted by molar-refractivity contribution is -0.275. The van der Waals surface area contributed by atoms with Gasteiger partial charge in [-0.2, -0.15) is 0 Å². The molecule has 0 atom stereocenters. The zero-order valence-corrected chi connectivity index (χ0v) is 8.78. The molecule has 1 rings (SSSR count). The van der Waals surface area contributed by atoms with Gasteiger partial charge in [0.15, 0.2) is 5.75 Å². The van der Waals surface area contributed by atoms with Crippen molar-refractivity contribution in [3.8, 4) is 11.6 Å². The van der Waals surface area contributed by atoms with Crippen LogP contribution >= 0.6 is 11.6 Å². The van der Waals surface area contributed by atoms with Crippen molar-refractivity contribution in [2.75, 3.05) is 7.11 Å². The Hall–Kier alpha value is -1.37. The summed E-state index contributed by atoms with van der Waals surface area (Å²) in [6.07, 6.45) is -4.87. The van der Waals surface area contributed by atoms with Gasteiger partial charge in [-0.25, -0.2) is 0 Å². The molecule has 0 unspecified atom stereocenters. The molecule has 0 aromatic carbocycles. The van der Waals surface area contributed by atoms with Gasteiger partial charge in [0.2, 0.25) is 5.88 Å². The number of ether oxygens (including phenoxy) is 2. The zero-order valence-electron chi connectivity index (χ0n) is 8.02. The molecule has 1 aromatic rings. The van der Waals surface area contributed by atoms with Gasteiger partial charge in [-0.15, -0.1) is 24.8 Å². The molecule has 90 valence electrons. The lowest BCUT2D eigenvalue weighted by atomic mass is 10.3. The minimum atomic E-state index is -4.87. The molecular formula is C8H7ClF3NO3. The molecule has 0 aliphatic rings. The van der Waals surface area contributed by atoms with E-state index in [2.05, 4.69) is 14.5 Å². The molecule has 0 spiro atoms. The molecule has 0 bridgehead atoms. The van der Waals surface area contributed by atoms with Crippen LogP contribution < -0.4 is 15.0 Å². The maximum absolute atomic E-state index is 12.0. The minimum Gasteiger partial charge on any atom is -0.480 e. The SMILES string of the molecule is COc1[nH]c(=O)c(CCl)cc1OC(F)(F)F. The van der Waals surface area contributed by atoms with Gasteiger partial charge < -0.3 is 9.47 Å². The number of aromatic nitrogens is 1. The average Bonchev–Trinajstić information content (AvgIpc) is 2.18. The third kappa shape index (κ3) is 3.06. The Kier molecular flexibility index (Phi) is 3.69. The molecule has 16 heavy (non-hydrogen) atoms. The average molecular weight is 258 g/mol. The standard InChI is InChI=1S/C8H7ClF3NO3/c1-15-7-5(16-8(10,11)12)2-4(3-9)6(14)13-7/h2H,3H2,1H3,(H,13,14). The van der Waals surface area contributed by atoms with Gasteiger partial charge in [0.25, 0.3) is 5.56 Å². The predicted octanol–water partition coefficient (Wildman–Crippen LogP) is 2.02. The lowest BCUT2D eigenvalue weighted by Crippen LogP contribution is -2.20. The highest BCUT2D eigenvalue weighted by Crippen LogP contribution is 2.29. The molecule has 0 aliphatic heterocycles. The summed E-state index contributed by atoms with van der Waals surface area (Å²) in [6, 6.07) is 0.887. The van der Waals surface area contributed by atoms with Crippen molar-refractivity contribution in [1.82, 2.24) is 4.98 Å². The number of H-pyrrole nitrogens is 1. The number of methoxy groups -OCH3 is 1. The van der Waals surface area contributed by atoms with Crippen LogP contribution in [0.2, 0.25) is 0 Å². The Morgan fingerprint density at radius 2 is 2.12 bits per heavy atom. The van der Waals surface area contributed by atoms with Crippen LogP contribution in [0.25, 0.3) is 0 Å². The first-order chi connectivity index (χ1) is 7.37. The first-order valence-electron chi connectivity index (χ1n) is 3.99. The van der Waals surface area contributed by atoms with Crippen LogP contribution in [0.15, 0.2) is 10.9 Å². The number of aromatic amines is 1. The van der Waals surface area contributed by atoms with E-state index in [0.717, 1.165) is 13.2 Å². The van der Waals surface area contributed by atoms with E-state index in [0.29, 0.717) is 0 Å². The summed E-state index contributed by atoms with van der Waals surface area (Å²) in [5.74, 6) is -1.27. The second-order valence-electron chi connectivity index (χ2n) is 2.70. The monoisotopic (exact) mass is 257 g/mol. The van der Waals surface area contributed by atoms with Crippen LogP contribution in [-0.2, 0) is 5.88 Å². The smallest absolute Gasteiger partial charge is 0.480 e. The van der Waals surface area contributed by atoms with Crippen molar-refractivity contribution in [3.05, 3.63) is 22.0 Å². The molecule has 0 fully saturated rings. The lowest BCUT2D eigenvalue weighted by Gasteiger charge is -2.12. The molecular weight excluding hydrogens is 251 g/mol. The molecule has 1 heterocycles. The highest BCUT2D eigenvalue weighted by molar-refractivity contribution is 6.17. The maximum Gasteiger partial charge on any atom is 0.573 e. The van der Waals surface area contributed by atoms with Gasteiger partial charge in [-0.1, -0.05) is 0 Å². The van der Waals surface area contributed by atoms with Crippen LogP contribution in [0.1, 0.15) is 5.56 Å². The van der Waals surface area contributed by atoms with Gasteiger partial charge in [-0.3, -0.25) is 9.78 Å². The Bertz CT molecular complexity index is 430. The first-order valence-corrected chi connectivity index (χ1v) is 4.52. The van der Waals surface area contributed by atoms with E-state index in [1.807, 2.05) is 0 Å². The Morgan fingerprint density at radius 1 is 1.50 bits per heavy atom. The van der Waals surface area contributed by atoms with Gasteiger partial charge in [0.05, 0.1) is 13.0 Å². The quantitative estimate of drug-likeness (QED) is 0.843. The molecule has 0 aliphatic carbocycles. The van der Waals surface area contributed by atoms with Crippen LogP contribution in [0.4, 0.5) is 13.2 Å². The summed E-state index contributed by atoms with van der Waals surface area (Å²) < 4.78 is 44.2. The second-order valence-corrected chi connectivity index (χ2v) is 2.97. The number of hydrogen-bond acceptors (Lipinski definition) is 3. The molecule has 0 radical (unpaired) electrons. The van der Waals surface area contributed by atoms with Gasteiger partial charge in [0.1, 0.15) is 0 Å². The third-order valence-corrected chi connectivity index (χ3v) is 1.91. The van der Waals surface area contributed by atoms with E-state index < -0.39 is 23.6 Å². The third-order valence-electron chi connectivity index (χ3n) is 1.62. The number of nitrogens with one attached hydrogen (secondary N) is 1. The van der Waals surface area contributed by atoms with Crippen LogP contribution in [0.3, 0.4) is 0 Å². The Balaban J connectivity index is 3.20. The molecule has 0 saturated carbocycles. The summed E-state index contributed by atoms with van der Waals surface area (Å²) in [5, 5.41) is 0. The van der Waals surface area contributed by atoms with Gasteiger partial charge >= 0.3 is 6.36 Å². The van der Waals surface area contributed by atoms with Crippen LogP contribution in [-0.4, -0.2) is 18.5 Å². The highest BCUT2D eigenvalue weighted by atomic mass is 35.5. The highest BCUT2D eigenvalue weighted by Gasteiger charge is 2.33. The number of alkyl halides is 4. The van der Waals surface area contributed by atoms with Crippen molar-refractivity contribution in [2.45, 2.75) is 12.2 Å². The summed E-state index contributed by atoms with van der Waals surface area (Å²) in [5.41, 5.74) is -0.664. The summed E-state index contributed by atoms with van der Waals surface area (Å²) in [7, 11) is 1.11. The fourth-order valence-electron chi connectivity index (χ4n) is 0.986. The Morgan fingerprint density at radius 3 is 2.56 bits per heavy atom. The van der Waals surface area contributed by atoms with Crippen molar-refractivity contribution < 1.29 is 22.6 Å². The summed E-state index contributed by atoms with van der Waals surface area (Å²) in [6.45, 7) is 0. The number of hydrogen-bond donors (Lipinski definition) is 1.